The number of β-amino-alcohol motifs (C(OH)–C–C–N with tert-alkyl or cyclic N) is 1. The molecule has 0 aromatic rings. The van der Waals surface area contributed by atoms with E-state index in [1.165, 1.54) is 0 Å². The average molecular weight is 99.1 g/mol. The fourth-order valence-corrected chi connectivity index (χ4v) is 1.31. The molecular formula is C5H9NO. The van der Waals surface area contributed by atoms with Gasteiger partial charge >= 0.3 is 0 Å². The van der Waals surface area contributed by atoms with Crippen LogP contribution in [0.4, 0.5) is 0 Å². The number of nitrogens with one attached hydrogen (secondary N) is 1. The minimum atomic E-state index is -0.250. The minimum absolute atomic E-state index is 0.250. The topological polar surface area (TPSA) is 32.3 Å². The van der Waals surface area contributed by atoms with Crippen molar-refractivity contribution in [2.24, 2.45) is 5.92 Å². The maximum atomic E-state index is 9.21. The Hall–Kier alpha value is -0.0800. The Labute approximate surface area is 42.5 Å². The number of aliphatic hydroxyl groups is 1. The maximum Gasteiger partial charge on any atom is 0.0816 e. The highest BCUT2D eigenvalue weighted by molar-refractivity contribution is 5.10. The molecule has 2 nitrogen and oxygen atoms in total. The van der Waals surface area contributed by atoms with Crippen molar-refractivity contribution in [1.82, 2.24) is 5.32 Å². The smallest absolute Gasteiger partial charge is 0.0816 e. The van der Waals surface area contributed by atoms with Crippen LogP contribution in [0.1, 0.15) is 6.42 Å². The molecule has 1 heterocycles. The number of rotatable bonds is 0. The van der Waals surface area contributed by atoms with Crippen molar-refractivity contribution in [3.63, 3.8) is 0 Å². The molecule has 0 aromatic heterocycles. The second-order valence-corrected chi connectivity index (χ2v) is 2.64. The third kappa shape index (κ3) is 0.359. The summed E-state index contributed by atoms with van der Waals surface area (Å²) in [5.41, 5.74) is -0.250. The zero-order valence-corrected chi connectivity index (χ0v) is 4.15. The van der Waals surface area contributed by atoms with Gasteiger partial charge in [-0.25, -0.2) is 0 Å². The van der Waals surface area contributed by atoms with Gasteiger partial charge in [-0.3, -0.25) is 0 Å². The number of fused-ring (bicyclic) bond motifs is 1. The zero-order chi connectivity index (χ0) is 4.91. The molecule has 7 heavy (non-hydrogen) atoms. The van der Waals surface area contributed by atoms with Crippen molar-refractivity contribution < 1.29 is 5.11 Å². The van der Waals surface area contributed by atoms with E-state index >= 15 is 0 Å². The highest BCUT2D eigenvalue weighted by Crippen LogP contribution is 2.45. The molecule has 1 aliphatic carbocycles. The van der Waals surface area contributed by atoms with Crippen LogP contribution in [0.3, 0.4) is 0 Å². The molecule has 1 saturated carbocycles. The molecule has 2 fully saturated rings. The Morgan fingerprint density at radius 3 is 2.71 bits per heavy atom. The Kier molecular flexibility index (Phi) is 0.474. The molecule has 40 valence electrons. The van der Waals surface area contributed by atoms with Gasteiger partial charge in [-0.05, 0) is 6.42 Å². The van der Waals surface area contributed by atoms with E-state index < -0.39 is 0 Å². The van der Waals surface area contributed by atoms with E-state index in [-0.39, 0.29) is 5.60 Å². The molecule has 2 rings (SSSR count). The summed E-state index contributed by atoms with van der Waals surface area (Å²) in [5.74, 6) is 0.604. The predicted molar refractivity (Wildman–Crippen MR) is 25.9 cm³/mol. The second-order valence-electron chi connectivity index (χ2n) is 2.64. The first-order chi connectivity index (χ1) is 3.31. The van der Waals surface area contributed by atoms with Crippen molar-refractivity contribution in [3.05, 3.63) is 0 Å². The van der Waals surface area contributed by atoms with Crippen LogP contribution >= 0.6 is 0 Å². The Bertz CT molecular complexity index is 102. The summed E-state index contributed by atoms with van der Waals surface area (Å²) >= 11 is 0. The van der Waals surface area contributed by atoms with Crippen LogP contribution < -0.4 is 5.32 Å². The van der Waals surface area contributed by atoms with Crippen LogP contribution in [0, 0.1) is 5.92 Å². The summed E-state index contributed by atoms with van der Waals surface area (Å²) in [6, 6.07) is 0. The van der Waals surface area contributed by atoms with Gasteiger partial charge < -0.3 is 10.4 Å². The van der Waals surface area contributed by atoms with Crippen LogP contribution in [0.15, 0.2) is 0 Å². The summed E-state index contributed by atoms with van der Waals surface area (Å²) in [6.45, 7) is 1.87. The molecule has 0 amide bonds. The van der Waals surface area contributed by atoms with E-state index in [1.807, 2.05) is 0 Å². The van der Waals surface area contributed by atoms with Crippen molar-refractivity contribution in [1.29, 1.82) is 0 Å². The van der Waals surface area contributed by atoms with Gasteiger partial charge in [-0.15, -0.1) is 0 Å². The highest BCUT2D eigenvalue weighted by atomic mass is 16.3. The molecule has 0 bridgehead atoms. The van der Waals surface area contributed by atoms with E-state index in [2.05, 4.69) is 5.32 Å². The van der Waals surface area contributed by atoms with E-state index in [1.54, 1.807) is 0 Å². The van der Waals surface area contributed by atoms with Crippen LogP contribution in [0.2, 0.25) is 0 Å². The summed E-state index contributed by atoms with van der Waals surface area (Å²) in [7, 11) is 0. The van der Waals surface area contributed by atoms with Crippen molar-refractivity contribution in [2.45, 2.75) is 12.0 Å². The largest absolute Gasteiger partial charge is 0.388 e. The third-order valence-electron chi connectivity index (χ3n) is 2.02. The fourth-order valence-electron chi connectivity index (χ4n) is 1.31. The molecule has 0 aromatic carbocycles. The van der Waals surface area contributed by atoms with Crippen molar-refractivity contribution >= 4 is 0 Å². The van der Waals surface area contributed by atoms with Gasteiger partial charge in [0.2, 0.25) is 0 Å². The number of hydrogen-bond acceptors (Lipinski definition) is 2. The molecule has 0 spiro atoms. The van der Waals surface area contributed by atoms with E-state index in [0.717, 1.165) is 19.5 Å². The van der Waals surface area contributed by atoms with E-state index in [9.17, 15) is 5.11 Å². The van der Waals surface area contributed by atoms with Gasteiger partial charge in [-0.1, -0.05) is 0 Å². The minimum Gasteiger partial charge on any atom is -0.388 e. The predicted octanol–water partition coefficient (Wildman–Crippen LogP) is -0.659. The molecule has 2 heteroatoms. The lowest BCUT2D eigenvalue weighted by molar-refractivity contribution is 0.155. The lowest BCUT2D eigenvalue weighted by Crippen LogP contribution is -2.19. The van der Waals surface area contributed by atoms with E-state index in [0.29, 0.717) is 5.92 Å². The van der Waals surface area contributed by atoms with Gasteiger partial charge in [0.05, 0.1) is 5.60 Å². The van der Waals surface area contributed by atoms with Gasteiger partial charge in [0.25, 0.3) is 0 Å². The number of hydrogen-bond donors (Lipinski definition) is 2. The maximum absolute atomic E-state index is 9.21. The molecule has 1 saturated heterocycles. The van der Waals surface area contributed by atoms with Gasteiger partial charge in [0.1, 0.15) is 0 Å². The van der Waals surface area contributed by atoms with Gasteiger partial charge in [0, 0.05) is 19.0 Å². The lowest BCUT2D eigenvalue weighted by atomic mass is 10.3. The van der Waals surface area contributed by atoms with E-state index in [4.69, 9.17) is 0 Å². The first-order valence-electron chi connectivity index (χ1n) is 2.74. The monoisotopic (exact) mass is 99.1 g/mol. The normalized spacial score (nSPS) is 57.0. The van der Waals surface area contributed by atoms with Crippen molar-refractivity contribution in [2.75, 3.05) is 13.1 Å². The quantitative estimate of drug-likeness (QED) is 0.422. The number of piperidine rings is 1. The first kappa shape index (κ1) is 3.87. The summed E-state index contributed by atoms with van der Waals surface area (Å²) in [6.07, 6.45) is 1.04. The fraction of sp³-hybridized carbons (Fsp3) is 1.00. The molecule has 2 N–H and O–H groups in total. The Morgan fingerprint density at radius 2 is 2.57 bits per heavy atom. The Balaban J connectivity index is 2.17. The summed E-state index contributed by atoms with van der Waals surface area (Å²) < 4.78 is 0. The SMILES string of the molecule is O[C@]12CNCC1C2. The first-order valence-corrected chi connectivity index (χ1v) is 2.74. The average Bonchev–Trinajstić information content (AvgIpc) is 2.09. The van der Waals surface area contributed by atoms with Gasteiger partial charge in [-0.2, -0.15) is 0 Å². The second kappa shape index (κ2) is 0.858. The zero-order valence-electron chi connectivity index (χ0n) is 4.15. The van der Waals surface area contributed by atoms with Crippen LogP contribution in [0.25, 0.3) is 0 Å². The third-order valence-corrected chi connectivity index (χ3v) is 2.02. The molecule has 2 atom stereocenters. The van der Waals surface area contributed by atoms with Gasteiger partial charge in [0.15, 0.2) is 0 Å². The standard InChI is InChI=1S/C5H9NO/c7-5-1-4(5)2-6-3-5/h4,6-7H,1-3H2/t4?,5-/m1/s1. The molecule has 0 radical (unpaired) electrons. The van der Waals surface area contributed by atoms with Crippen molar-refractivity contribution in [3.8, 4) is 0 Å². The summed E-state index contributed by atoms with van der Waals surface area (Å²) in [5, 5.41) is 12.3. The molecule has 1 aliphatic heterocycles. The molecular weight excluding hydrogens is 90.1 g/mol. The summed E-state index contributed by atoms with van der Waals surface area (Å²) in [4.78, 5) is 0. The van der Waals surface area contributed by atoms with Crippen LogP contribution in [-0.2, 0) is 0 Å². The van der Waals surface area contributed by atoms with Crippen LogP contribution in [-0.4, -0.2) is 23.8 Å². The Morgan fingerprint density at radius 1 is 1.71 bits per heavy atom. The molecule has 1 unspecified atom stereocenters. The highest BCUT2D eigenvalue weighted by Gasteiger charge is 2.55. The lowest BCUT2D eigenvalue weighted by Gasteiger charge is -1.97. The van der Waals surface area contributed by atoms with Crippen LogP contribution in [0.5, 0.6) is 0 Å². The molecule has 2 aliphatic rings.